The zero-order valence-electron chi connectivity index (χ0n) is 23.1. The van der Waals surface area contributed by atoms with E-state index in [2.05, 4.69) is 29.6 Å². The van der Waals surface area contributed by atoms with Crippen LogP contribution in [0.1, 0.15) is 70.9 Å². The predicted molar refractivity (Wildman–Crippen MR) is 142 cm³/mol. The van der Waals surface area contributed by atoms with Crippen molar-refractivity contribution in [1.82, 2.24) is 10.2 Å². The van der Waals surface area contributed by atoms with Crippen LogP contribution in [-0.4, -0.2) is 64.4 Å². The summed E-state index contributed by atoms with van der Waals surface area (Å²) in [7, 11) is 1.35. The maximum atomic E-state index is 13.4. The molecule has 40 heavy (non-hydrogen) atoms. The normalized spacial score (nSPS) is 26.9. The first-order chi connectivity index (χ1) is 18.8. The lowest BCUT2D eigenvalue weighted by atomic mass is 9.75. The van der Waals surface area contributed by atoms with Gasteiger partial charge >= 0.3 is 18.1 Å². The summed E-state index contributed by atoms with van der Waals surface area (Å²) in [5.41, 5.74) is -0.267. The average Bonchev–Trinajstić information content (AvgIpc) is 3.37. The van der Waals surface area contributed by atoms with Crippen molar-refractivity contribution in [2.24, 2.45) is 17.8 Å². The third-order valence-electron chi connectivity index (χ3n) is 7.68. The average molecular weight is 587 g/mol. The van der Waals surface area contributed by atoms with Crippen LogP contribution in [0.5, 0.6) is 0 Å². The highest BCUT2D eigenvalue weighted by atomic mass is 32.2. The lowest BCUT2D eigenvalue weighted by Gasteiger charge is -2.33. The molecule has 2 heterocycles. The Morgan fingerprint density at radius 1 is 1.12 bits per heavy atom. The number of nitrogens with zero attached hydrogens (tertiary/aromatic N) is 1. The van der Waals surface area contributed by atoms with Gasteiger partial charge in [-0.3, -0.25) is 24.6 Å². The molecule has 1 aromatic rings. The second kappa shape index (κ2) is 12.9. The number of likely N-dealkylation sites (tertiary alicyclic amines) is 1. The second-order valence-electron chi connectivity index (χ2n) is 10.9. The highest BCUT2D eigenvalue weighted by Crippen LogP contribution is 2.51. The number of rotatable bonds is 7. The number of methoxy groups -OCH3 is 1. The van der Waals surface area contributed by atoms with Crippen molar-refractivity contribution in [3.63, 3.8) is 0 Å². The fourth-order valence-electron chi connectivity index (χ4n) is 6.07. The minimum atomic E-state index is -5.08. The summed E-state index contributed by atoms with van der Waals surface area (Å²) in [6, 6.07) is 7.92. The molecular weight excluding hydrogens is 549 g/mol. The number of fused-ring (bicyclic) bond motifs is 1. The van der Waals surface area contributed by atoms with E-state index >= 15 is 0 Å². The summed E-state index contributed by atoms with van der Waals surface area (Å²) >= 11 is 1.93. The summed E-state index contributed by atoms with van der Waals surface area (Å²) in [4.78, 5) is 51.3. The summed E-state index contributed by atoms with van der Waals surface area (Å²) in [5.74, 6) is -4.89. The lowest BCUT2D eigenvalue weighted by Crippen LogP contribution is -2.57. The van der Waals surface area contributed by atoms with Crippen LogP contribution in [0.25, 0.3) is 0 Å². The monoisotopic (exact) mass is 586 g/mol. The number of carboxylic acids is 1. The zero-order valence-corrected chi connectivity index (χ0v) is 23.9. The number of carbonyl (C=O) groups is 4. The van der Waals surface area contributed by atoms with E-state index in [0.29, 0.717) is 18.2 Å². The highest BCUT2D eigenvalue weighted by molar-refractivity contribution is 8.00. The number of alkyl halides is 3. The first-order valence-corrected chi connectivity index (χ1v) is 14.4. The van der Waals surface area contributed by atoms with Crippen molar-refractivity contribution in [1.29, 1.82) is 0 Å². The van der Waals surface area contributed by atoms with Crippen molar-refractivity contribution in [2.45, 2.75) is 87.2 Å². The molecule has 0 radical (unpaired) electrons. The van der Waals surface area contributed by atoms with Gasteiger partial charge in [0.2, 0.25) is 11.8 Å². The molecule has 2 saturated heterocycles. The Balaban J connectivity index is 0.000000559. The van der Waals surface area contributed by atoms with E-state index < -0.39 is 41.5 Å². The Hall–Kier alpha value is -2.60. The largest absolute Gasteiger partial charge is 0.490 e. The Labute approximate surface area is 236 Å². The van der Waals surface area contributed by atoms with Crippen LogP contribution in [0.3, 0.4) is 0 Å². The van der Waals surface area contributed by atoms with Crippen LogP contribution in [0, 0.1) is 17.8 Å². The van der Waals surface area contributed by atoms with Crippen LogP contribution in [0.4, 0.5) is 13.2 Å². The molecule has 4 atom stereocenters. The quantitative estimate of drug-likeness (QED) is 0.340. The van der Waals surface area contributed by atoms with E-state index in [0.717, 1.165) is 5.56 Å². The van der Waals surface area contributed by atoms with Gasteiger partial charge in [-0.25, -0.2) is 4.79 Å². The summed E-state index contributed by atoms with van der Waals surface area (Å²) in [5, 5.41) is 11.3. The molecule has 1 aliphatic carbocycles. The molecule has 0 aromatic heterocycles. The third kappa shape index (κ3) is 6.64. The predicted octanol–water partition coefficient (Wildman–Crippen LogP) is 4.97. The van der Waals surface area contributed by atoms with Crippen LogP contribution < -0.4 is 5.32 Å². The van der Waals surface area contributed by atoms with Gasteiger partial charge in [0.05, 0.1) is 18.9 Å². The van der Waals surface area contributed by atoms with Crippen LogP contribution in [0.15, 0.2) is 29.2 Å². The first kappa shape index (κ1) is 31.9. The molecule has 3 fully saturated rings. The summed E-state index contributed by atoms with van der Waals surface area (Å²) in [6.45, 7) is 6.15. The Kier molecular flexibility index (Phi) is 10.3. The number of benzene rings is 1. The third-order valence-corrected chi connectivity index (χ3v) is 9.03. The SMILES string of the molecule is CCN1C(=O)C2C(c3ccc(SC4CCCCC4)cc3)N[C@@](CC(C)C)(C(=O)OC)C2C1=O.O=C(O)C(F)(F)F. The Bertz CT molecular complexity index is 1090. The number of carbonyl (C=O) groups excluding carboxylic acids is 3. The zero-order chi connectivity index (χ0) is 29.8. The number of carboxylic acid groups (broad SMARTS) is 1. The molecule has 3 aliphatic rings. The Morgan fingerprint density at radius 2 is 1.70 bits per heavy atom. The van der Waals surface area contributed by atoms with Gasteiger partial charge in [0.15, 0.2) is 0 Å². The molecule has 8 nitrogen and oxygen atoms in total. The molecule has 0 bridgehead atoms. The van der Waals surface area contributed by atoms with Gasteiger partial charge in [0, 0.05) is 22.7 Å². The van der Waals surface area contributed by atoms with Crippen molar-refractivity contribution in [3.8, 4) is 0 Å². The first-order valence-electron chi connectivity index (χ1n) is 13.5. The van der Waals surface area contributed by atoms with Crippen molar-refractivity contribution in [2.75, 3.05) is 13.7 Å². The molecule has 3 unspecified atom stereocenters. The van der Waals surface area contributed by atoms with E-state index in [1.165, 1.54) is 49.0 Å². The number of imide groups is 1. The number of halogens is 3. The lowest BCUT2D eigenvalue weighted by molar-refractivity contribution is -0.192. The van der Waals surface area contributed by atoms with Crippen molar-refractivity contribution < 1.29 is 42.2 Å². The molecule has 2 aliphatic heterocycles. The second-order valence-corrected chi connectivity index (χ2v) is 12.2. The fraction of sp³-hybridized carbons (Fsp3) is 0.643. The minimum Gasteiger partial charge on any atom is -0.475 e. The molecule has 1 saturated carbocycles. The number of ether oxygens (including phenoxy) is 1. The van der Waals surface area contributed by atoms with Crippen molar-refractivity contribution in [3.05, 3.63) is 29.8 Å². The molecule has 4 rings (SSSR count). The molecule has 12 heteroatoms. The Morgan fingerprint density at radius 3 is 2.17 bits per heavy atom. The number of hydrogen-bond donors (Lipinski definition) is 2. The molecule has 222 valence electrons. The minimum absolute atomic E-state index is 0.142. The standard InChI is InChI=1S/C26H36N2O4S.C2HF3O2/c1-5-28-23(29)20-21(24(28)30)26(15-16(2)3,25(31)32-4)27-22(20)17-11-13-19(14-12-17)33-18-9-7-6-8-10-18;3-2(4,5)1(6)7/h11-14,16,18,20-22,27H,5-10,15H2,1-4H3;(H,6,7)/t20?,21?,22?,26-;/m1./s1. The van der Waals surface area contributed by atoms with Gasteiger partial charge in [-0.2, -0.15) is 13.2 Å². The van der Waals surface area contributed by atoms with Gasteiger partial charge in [-0.15, -0.1) is 11.8 Å². The smallest absolute Gasteiger partial charge is 0.475 e. The fourth-order valence-corrected chi connectivity index (χ4v) is 7.32. The van der Waals surface area contributed by atoms with Crippen LogP contribution >= 0.6 is 11.8 Å². The van der Waals surface area contributed by atoms with Gasteiger partial charge in [0.25, 0.3) is 0 Å². The van der Waals surface area contributed by atoms with E-state index in [-0.39, 0.29) is 17.7 Å². The van der Waals surface area contributed by atoms with Gasteiger partial charge in [-0.1, -0.05) is 45.2 Å². The van der Waals surface area contributed by atoms with E-state index in [4.69, 9.17) is 14.6 Å². The maximum Gasteiger partial charge on any atom is 0.490 e. The molecule has 2 amide bonds. The van der Waals surface area contributed by atoms with Gasteiger partial charge < -0.3 is 9.84 Å². The van der Waals surface area contributed by atoms with E-state index in [9.17, 15) is 27.6 Å². The van der Waals surface area contributed by atoms with Crippen LogP contribution in [-0.2, 0) is 23.9 Å². The van der Waals surface area contributed by atoms with E-state index in [1.807, 2.05) is 25.6 Å². The molecule has 2 N–H and O–H groups in total. The number of thioether (sulfide) groups is 1. The summed E-state index contributed by atoms with van der Waals surface area (Å²) < 4.78 is 36.9. The van der Waals surface area contributed by atoms with Crippen LogP contribution in [0.2, 0.25) is 0 Å². The molecular formula is C28H37F3N2O6S. The van der Waals surface area contributed by atoms with Crippen molar-refractivity contribution >= 4 is 35.5 Å². The topological polar surface area (TPSA) is 113 Å². The van der Waals surface area contributed by atoms with Gasteiger partial charge in [-0.05, 0) is 49.8 Å². The molecule has 0 spiro atoms. The highest BCUT2D eigenvalue weighted by Gasteiger charge is 2.68. The number of esters is 1. The van der Waals surface area contributed by atoms with E-state index in [1.54, 1.807) is 6.92 Å². The van der Waals surface area contributed by atoms with Gasteiger partial charge in [0.1, 0.15) is 5.54 Å². The maximum absolute atomic E-state index is 13.4. The number of aliphatic carboxylic acids is 1. The summed E-state index contributed by atoms with van der Waals surface area (Å²) in [6.07, 6.45) is 1.83. The number of hydrogen-bond acceptors (Lipinski definition) is 7. The number of amides is 2. The molecule has 1 aromatic carbocycles. The number of nitrogens with one attached hydrogen (secondary N) is 1.